The van der Waals surface area contributed by atoms with Crippen LogP contribution >= 0.6 is 0 Å². The van der Waals surface area contributed by atoms with Gasteiger partial charge >= 0.3 is 0 Å². The lowest BCUT2D eigenvalue weighted by atomic mass is 10.0. The first-order chi connectivity index (χ1) is 12.7. The molecule has 1 aromatic carbocycles. The Hall–Kier alpha value is -2.28. The van der Waals surface area contributed by atoms with Crippen molar-refractivity contribution in [3.8, 4) is 0 Å². The Morgan fingerprint density at radius 1 is 1.26 bits per heavy atom. The minimum Gasteiger partial charge on any atom is -0.382 e. The number of aryl methyl sites for hydroxylation is 2. The number of benzene rings is 1. The Morgan fingerprint density at radius 3 is 2.59 bits per heavy atom. The molecule has 0 spiro atoms. The number of H-pyrrole nitrogens is 1. The molecule has 0 radical (unpaired) electrons. The zero-order valence-electron chi connectivity index (χ0n) is 16.5. The highest BCUT2D eigenvalue weighted by Gasteiger charge is 2.21. The minimum atomic E-state index is -1.48. The predicted molar refractivity (Wildman–Crippen MR) is 106 cm³/mol. The van der Waals surface area contributed by atoms with E-state index in [0.717, 1.165) is 16.6 Å². The average molecular weight is 373 g/mol. The topological polar surface area (TPSA) is 88.6 Å². The highest BCUT2D eigenvalue weighted by atomic mass is 16.5. The van der Waals surface area contributed by atoms with Gasteiger partial charge in [0.1, 0.15) is 5.60 Å². The van der Waals surface area contributed by atoms with Crippen LogP contribution in [0.15, 0.2) is 23.0 Å². The molecule has 6 nitrogen and oxygen atoms in total. The quantitative estimate of drug-likeness (QED) is 0.549. The van der Waals surface area contributed by atoms with Crippen LogP contribution in [0, 0.1) is 13.8 Å². The predicted octanol–water partition coefficient (Wildman–Crippen LogP) is 2.66. The molecule has 0 saturated carbocycles. The Labute approximate surface area is 158 Å². The van der Waals surface area contributed by atoms with Crippen LogP contribution in [0.2, 0.25) is 0 Å². The second kappa shape index (κ2) is 8.61. The SMILES string of the molecule is COCCOCc1c(C=CC(=O)C(C)(C)O)[nH]c2c(C)c(C)ccc2c1=O. The number of aliphatic hydroxyl groups is 1. The van der Waals surface area contributed by atoms with Crippen molar-refractivity contribution >= 4 is 22.8 Å². The molecule has 2 aromatic rings. The molecule has 0 aliphatic carbocycles. The molecule has 6 heteroatoms. The summed E-state index contributed by atoms with van der Waals surface area (Å²) in [6.45, 7) is 7.63. The van der Waals surface area contributed by atoms with Gasteiger partial charge in [0.25, 0.3) is 0 Å². The molecule has 0 amide bonds. The number of methoxy groups -OCH3 is 1. The lowest BCUT2D eigenvalue weighted by Crippen LogP contribution is -2.29. The zero-order valence-corrected chi connectivity index (χ0v) is 16.5. The highest BCUT2D eigenvalue weighted by Crippen LogP contribution is 2.20. The lowest BCUT2D eigenvalue weighted by Gasteiger charge is -2.14. The molecule has 2 N–H and O–H groups in total. The summed E-state index contributed by atoms with van der Waals surface area (Å²) in [5.74, 6) is -0.448. The van der Waals surface area contributed by atoms with Crippen molar-refractivity contribution in [2.75, 3.05) is 20.3 Å². The molecule has 0 aliphatic heterocycles. The van der Waals surface area contributed by atoms with E-state index < -0.39 is 11.4 Å². The summed E-state index contributed by atoms with van der Waals surface area (Å²) in [7, 11) is 1.58. The Bertz CT molecular complexity index is 919. The van der Waals surface area contributed by atoms with E-state index in [1.165, 1.54) is 26.0 Å². The molecular formula is C21H27NO5. The third-order valence-corrected chi connectivity index (χ3v) is 4.52. The van der Waals surface area contributed by atoms with Crippen molar-refractivity contribution in [3.63, 3.8) is 0 Å². The molecule has 0 bridgehead atoms. The summed E-state index contributed by atoms with van der Waals surface area (Å²) < 4.78 is 10.5. The number of ether oxygens (including phenoxy) is 2. The maximum atomic E-state index is 13.0. The van der Waals surface area contributed by atoms with Crippen LogP contribution in [0.25, 0.3) is 17.0 Å². The van der Waals surface area contributed by atoms with E-state index in [0.29, 0.717) is 29.9 Å². The van der Waals surface area contributed by atoms with Gasteiger partial charge in [-0.25, -0.2) is 0 Å². The van der Waals surface area contributed by atoms with Crippen molar-refractivity contribution in [1.29, 1.82) is 0 Å². The fraction of sp³-hybridized carbons (Fsp3) is 0.429. The largest absolute Gasteiger partial charge is 0.382 e. The smallest absolute Gasteiger partial charge is 0.195 e. The number of carbonyl (C=O) groups excluding carboxylic acids is 1. The molecule has 146 valence electrons. The van der Waals surface area contributed by atoms with Gasteiger partial charge in [-0.15, -0.1) is 0 Å². The van der Waals surface area contributed by atoms with E-state index in [1.807, 2.05) is 19.9 Å². The normalized spacial score (nSPS) is 12.2. The van der Waals surface area contributed by atoms with Gasteiger partial charge in [0.15, 0.2) is 11.2 Å². The maximum absolute atomic E-state index is 13.0. The highest BCUT2D eigenvalue weighted by molar-refractivity contribution is 5.99. The van der Waals surface area contributed by atoms with Gasteiger partial charge in [-0.3, -0.25) is 9.59 Å². The van der Waals surface area contributed by atoms with Gasteiger partial charge in [-0.05, 0) is 57.0 Å². The molecule has 0 fully saturated rings. The van der Waals surface area contributed by atoms with Crippen LogP contribution in [0.4, 0.5) is 0 Å². The first-order valence-corrected chi connectivity index (χ1v) is 8.83. The fourth-order valence-electron chi connectivity index (χ4n) is 2.63. The number of fused-ring (bicyclic) bond motifs is 1. The van der Waals surface area contributed by atoms with Crippen molar-refractivity contribution in [2.45, 2.75) is 39.9 Å². The standard InChI is InChI=1S/C21H27NO5/c1-13-6-7-15-19(14(13)2)22-17(8-9-18(23)21(3,4)25)16(20(15)24)12-27-11-10-26-5/h6-9,25H,10-12H2,1-5H3,(H,22,24). The molecule has 0 unspecified atom stereocenters. The number of nitrogens with one attached hydrogen (secondary N) is 1. The van der Waals surface area contributed by atoms with Gasteiger partial charge < -0.3 is 19.6 Å². The molecule has 27 heavy (non-hydrogen) atoms. The Morgan fingerprint density at radius 2 is 1.96 bits per heavy atom. The van der Waals surface area contributed by atoms with E-state index in [1.54, 1.807) is 13.2 Å². The third kappa shape index (κ3) is 4.91. The van der Waals surface area contributed by atoms with Crippen LogP contribution in [-0.4, -0.2) is 41.8 Å². The van der Waals surface area contributed by atoms with Crippen LogP contribution in [-0.2, 0) is 20.9 Å². The first kappa shape index (κ1) is 21.0. The summed E-state index contributed by atoms with van der Waals surface area (Å²) in [5.41, 5.74) is 2.08. The van der Waals surface area contributed by atoms with Crippen LogP contribution in [0.1, 0.15) is 36.2 Å². The average Bonchev–Trinajstić information content (AvgIpc) is 2.60. The van der Waals surface area contributed by atoms with Crippen molar-refractivity contribution < 1.29 is 19.4 Å². The number of hydrogen-bond acceptors (Lipinski definition) is 5. The Balaban J connectivity index is 2.56. The lowest BCUT2D eigenvalue weighted by molar-refractivity contribution is -0.128. The van der Waals surface area contributed by atoms with Gasteiger partial charge in [0, 0.05) is 23.8 Å². The van der Waals surface area contributed by atoms with Crippen LogP contribution in [0.3, 0.4) is 0 Å². The number of pyridine rings is 1. The summed E-state index contributed by atoms with van der Waals surface area (Å²) in [5, 5.41) is 10.4. The molecule has 0 saturated heterocycles. The first-order valence-electron chi connectivity index (χ1n) is 8.83. The summed E-state index contributed by atoms with van der Waals surface area (Å²) in [4.78, 5) is 28.3. The van der Waals surface area contributed by atoms with E-state index in [9.17, 15) is 14.7 Å². The summed E-state index contributed by atoms with van der Waals surface area (Å²) in [6, 6.07) is 3.71. The molecule has 0 aliphatic rings. The van der Waals surface area contributed by atoms with E-state index >= 15 is 0 Å². The second-order valence-corrected chi connectivity index (χ2v) is 7.08. The fourth-order valence-corrected chi connectivity index (χ4v) is 2.63. The van der Waals surface area contributed by atoms with Crippen molar-refractivity contribution in [3.05, 3.63) is 50.8 Å². The molecule has 2 rings (SSSR count). The number of aromatic amines is 1. The van der Waals surface area contributed by atoms with Gasteiger partial charge in [0.2, 0.25) is 0 Å². The monoisotopic (exact) mass is 373 g/mol. The number of aromatic nitrogens is 1. The number of ketones is 1. The third-order valence-electron chi connectivity index (χ3n) is 4.52. The van der Waals surface area contributed by atoms with Crippen molar-refractivity contribution in [2.24, 2.45) is 0 Å². The van der Waals surface area contributed by atoms with Crippen LogP contribution in [0.5, 0.6) is 0 Å². The summed E-state index contributed by atoms with van der Waals surface area (Å²) >= 11 is 0. The molecule has 1 heterocycles. The Kier molecular flexibility index (Phi) is 6.70. The second-order valence-electron chi connectivity index (χ2n) is 7.08. The van der Waals surface area contributed by atoms with Crippen molar-refractivity contribution in [1.82, 2.24) is 4.98 Å². The van der Waals surface area contributed by atoms with Gasteiger partial charge in [-0.2, -0.15) is 0 Å². The molecule has 0 atom stereocenters. The number of rotatable bonds is 8. The summed E-state index contributed by atoms with van der Waals surface area (Å²) in [6.07, 6.45) is 2.80. The molecule has 1 aromatic heterocycles. The zero-order chi connectivity index (χ0) is 20.2. The van der Waals surface area contributed by atoms with Gasteiger partial charge in [-0.1, -0.05) is 6.07 Å². The van der Waals surface area contributed by atoms with Gasteiger partial charge in [0.05, 0.1) is 25.3 Å². The molecular weight excluding hydrogens is 346 g/mol. The number of hydrogen-bond donors (Lipinski definition) is 2. The van der Waals surface area contributed by atoms with E-state index in [4.69, 9.17) is 9.47 Å². The maximum Gasteiger partial charge on any atom is 0.195 e. The van der Waals surface area contributed by atoms with Crippen LogP contribution < -0.4 is 5.43 Å². The van der Waals surface area contributed by atoms with E-state index in [-0.39, 0.29) is 12.0 Å². The number of carbonyl (C=O) groups is 1. The minimum absolute atomic E-state index is 0.0952. The van der Waals surface area contributed by atoms with E-state index in [2.05, 4.69) is 4.98 Å².